The molecule has 0 amide bonds. The van der Waals surface area contributed by atoms with Crippen molar-refractivity contribution in [2.45, 2.75) is 86.4 Å². The summed E-state index contributed by atoms with van der Waals surface area (Å²) in [7, 11) is 0. The molecule has 34 heavy (non-hydrogen) atoms. The summed E-state index contributed by atoms with van der Waals surface area (Å²) in [6.07, 6.45) is 8.86. The Morgan fingerprint density at radius 1 is 1.03 bits per heavy atom. The van der Waals surface area contributed by atoms with Crippen molar-refractivity contribution < 1.29 is 4.74 Å². The maximum Gasteiger partial charge on any atom is 0.245 e. The Morgan fingerprint density at radius 3 is 2.47 bits per heavy atom. The summed E-state index contributed by atoms with van der Waals surface area (Å²) >= 11 is 0. The molecule has 0 saturated heterocycles. The van der Waals surface area contributed by atoms with E-state index in [9.17, 15) is 0 Å². The second kappa shape index (κ2) is 10.3. The Hall–Kier alpha value is -3.36. The number of aryl methyl sites for hydroxylation is 4. The zero-order valence-corrected chi connectivity index (χ0v) is 21.0. The van der Waals surface area contributed by atoms with Crippen molar-refractivity contribution in [3.63, 3.8) is 0 Å². The highest BCUT2D eigenvalue weighted by molar-refractivity contribution is 5.81. The van der Waals surface area contributed by atoms with Crippen LogP contribution in [-0.4, -0.2) is 45.4 Å². The van der Waals surface area contributed by atoms with Gasteiger partial charge in [0.05, 0.1) is 11.3 Å². The van der Waals surface area contributed by atoms with Crippen molar-refractivity contribution in [2.75, 3.05) is 0 Å². The molecule has 4 aromatic heterocycles. The van der Waals surface area contributed by atoms with Gasteiger partial charge >= 0.3 is 0 Å². The van der Waals surface area contributed by atoms with E-state index in [4.69, 9.17) is 14.8 Å². The average molecular weight is 463 g/mol. The Balaban J connectivity index is 0.00000133. The first-order valence-corrected chi connectivity index (χ1v) is 12.4. The summed E-state index contributed by atoms with van der Waals surface area (Å²) in [6.45, 7) is 13.9. The van der Waals surface area contributed by atoms with Crippen LogP contribution in [0.3, 0.4) is 0 Å². The largest absolute Gasteiger partial charge is 0.472 e. The maximum absolute atomic E-state index is 6.44. The summed E-state index contributed by atoms with van der Waals surface area (Å²) in [6, 6.07) is 0. The Kier molecular flexibility index (Phi) is 7.19. The van der Waals surface area contributed by atoms with E-state index in [0.29, 0.717) is 11.4 Å². The van der Waals surface area contributed by atoms with E-state index in [1.165, 1.54) is 17.0 Å². The fourth-order valence-electron chi connectivity index (χ4n) is 4.57. The Morgan fingerprint density at radius 2 is 1.79 bits per heavy atom. The van der Waals surface area contributed by atoms with Gasteiger partial charge in [-0.3, -0.25) is 4.68 Å². The van der Waals surface area contributed by atoms with Crippen LogP contribution in [0.2, 0.25) is 0 Å². The fourth-order valence-corrected chi connectivity index (χ4v) is 4.57. The summed E-state index contributed by atoms with van der Waals surface area (Å²) in [5.41, 5.74) is 6.16. The van der Waals surface area contributed by atoms with Gasteiger partial charge in [0.25, 0.3) is 0 Å². The lowest BCUT2D eigenvalue weighted by Gasteiger charge is -2.24. The van der Waals surface area contributed by atoms with E-state index in [0.717, 1.165) is 61.6 Å². The van der Waals surface area contributed by atoms with Crippen LogP contribution in [0, 0.1) is 6.92 Å². The monoisotopic (exact) mass is 462 g/mol. The van der Waals surface area contributed by atoms with E-state index in [-0.39, 0.29) is 6.10 Å². The minimum absolute atomic E-state index is 0.0401. The average Bonchev–Trinajstić information content (AvgIpc) is 3.44. The summed E-state index contributed by atoms with van der Waals surface area (Å²) in [5.74, 6) is 2.04. The molecule has 1 unspecified atom stereocenters. The fraction of sp³-hybridized carbons (Fsp3) is 0.520. The molecule has 0 aliphatic heterocycles. The number of rotatable bonds is 6. The van der Waals surface area contributed by atoms with Gasteiger partial charge in [0, 0.05) is 43.2 Å². The van der Waals surface area contributed by atoms with Gasteiger partial charge in [0.1, 0.15) is 24.1 Å². The van der Waals surface area contributed by atoms with Crippen LogP contribution >= 0.6 is 0 Å². The third-order valence-electron chi connectivity index (χ3n) is 6.15. The summed E-state index contributed by atoms with van der Waals surface area (Å²) in [5, 5.41) is 4.79. The number of imidazole rings is 1. The molecule has 5 rings (SSSR count). The van der Waals surface area contributed by atoms with Crippen molar-refractivity contribution >= 4 is 11.2 Å². The van der Waals surface area contributed by atoms with Gasteiger partial charge < -0.3 is 9.30 Å². The minimum Gasteiger partial charge on any atom is -0.472 e. The van der Waals surface area contributed by atoms with E-state index in [2.05, 4.69) is 50.0 Å². The van der Waals surface area contributed by atoms with E-state index in [1.807, 2.05) is 20.8 Å². The van der Waals surface area contributed by atoms with Crippen LogP contribution in [0.4, 0.5) is 0 Å². The molecule has 1 atom stereocenters. The van der Waals surface area contributed by atoms with Crippen LogP contribution in [0.25, 0.3) is 22.6 Å². The van der Waals surface area contributed by atoms with E-state index in [1.54, 1.807) is 18.7 Å². The van der Waals surface area contributed by atoms with Gasteiger partial charge in [-0.05, 0) is 40.0 Å². The van der Waals surface area contributed by atoms with Crippen LogP contribution in [0.1, 0.15) is 63.8 Å². The molecule has 0 radical (unpaired) electrons. The highest BCUT2D eigenvalue weighted by Crippen LogP contribution is 2.31. The molecule has 0 bridgehead atoms. The smallest absolute Gasteiger partial charge is 0.245 e. The van der Waals surface area contributed by atoms with Crippen molar-refractivity contribution in [3.05, 3.63) is 41.5 Å². The van der Waals surface area contributed by atoms with Gasteiger partial charge in [-0.1, -0.05) is 20.8 Å². The number of fused-ring (bicyclic) bond motifs is 2. The molecule has 1 aliphatic carbocycles. The third kappa shape index (κ3) is 4.26. The second-order valence-corrected chi connectivity index (χ2v) is 8.07. The standard InChI is InChI=1S/C23H28N8O.C2H6/c1-5-18-17-10-16(8-9-19(17)31(7-3)29-18)32-23-20-22(26-13-27-23)30(6-2)21(28-20)15-11-24-14(4)25-12-15;1-2/h11-13,16H,5-10H2,1-4H3;1-2H3. The molecule has 0 saturated carbocycles. The zero-order valence-electron chi connectivity index (χ0n) is 21.0. The number of nitrogens with zero attached hydrogens (tertiary/aromatic N) is 8. The second-order valence-electron chi connectivity index (χ2n) is 8.07. The lowest BCUT2D eigenvalue weighted by atomic mass is 9.92. The van der Waals surface area contributed by atoms with E-state index < -0.39 is 0 Å². The molecule has 4 aromatic rings. The van der Waals surface area contributed by atoms with Gasteiger partial charge in [-0.25, -0.2) is 19.9 Å². The molecule has 9 heteroatoms. The van der Waals surface area contributed by atoms with Crippen LogP contribution in [-0.2, 0) is 32.4 Å². The molecular formula is C25H34N8O. The maximum atomic E-state index is 6.44. The first-order valence-electron chi connectivity index (χ1n) is 12.4. The molecule has 4 heterocycles. The van der Waals surface area contributed by atoms with Crippen LogP contribution < -0.4 is 4.74 Å². The lowest BCUT2D eigenvalue weighted by molar-refractivity contribution is 0.178. The zero-order chi connectivity index (χ0) is 24.2. The van der Waals surface area contributed by atoms with Crippen molar-refractivity contribution in [2.24, 2.45) is 0 Å². The Bertz CT molecular complexity index is 1260. The van der Waals surface area contributed by atoms with Gasteiger partial charge in [0.15, 0.2) is 11.2 Å². The van der Waals surface area contributed by atoms with Gasteiger partial charge in [-0.2, -0.15) is 10.1 Å². The van der Waals surface area contributed by atoms with Crippen LogP contribution in [0.15, 0.2) is 18.7 Å². The normalized spacial score (nSPS) is 15.1. The quantitative estimate of drug-likeness (QED) is 0.420. The van der Waals surface area contributed by atoms with Crippen LogP contribution in [0.5, 0.6) is 5.88 Å². The highest BCUT2D eigenvalue weighted by Gasteiger charge is 2.28. The predicted octanol–water partition coefficient (Wildman–Crippen LogP) is 4.35. The SMILES string of the molecule is CC.CCc1nn(CC)c2c1CC(Oc1ncnc3c1nc(-c1cnc(C)nc1)n3CC)CC2. The summed E-state index contributed by atoms with van der Waals surface area (Å²) in [4.78, 5) is 22.5. The number of ether oxygens (including phenoxy) is 1. The van der Waals surface area contributed by atoms with E-state index >= 15 is 0 Å². The molecule has 9 nitrogen and oxygen atoms in total. The molecule has 0 aromatic carbocycles. The number of hydrogen-bond acceptors (Lipinski definition) is 7. The lowest BCUT2D eigenvalue weighted by Crippen LogP contribution is -2.26. The molecule has 0 spiro atoms. The van der Waals surface area contributed by atoms with Crippen molar-refractivity contribution in [1.29, 1.82) is 0 Å². The predicted molar refractivity (Wildman–Crippen MR) is 132 cm³/mol. The molecule has 0 N–H and O–H groups in total. The van der Waals surface area contributed by atoms with Gasteiger partial charge in [-0.15, -0.1) is 0 Å². The van der Waals surface area contributed by atoms with Gasteiger partial charge in [0.2, 0.25) is 5.88 Å². The van der Waals surface area contributed by atoms with Crippen molar-refractivity contribution in [3.8, 4) is 17.3 Å². The Labute approximate surface area is 200 Å². The van der Waals surface area contributed by atoms with Crippen molar-refractivity contribution in [1.82, 2.24) is 39.3 Å². The molecular weight excluding hydrogens is 428 g/mol. The minimum atomic E-state index is 0.0401. The number of aromatic nitrogens is 8. The third-order valence-corrected chi connectivity index (χ3v) is 6.15. The first kappa shape index (κ1) is 23.8. The molecule has 1 aliphatic rings. The molecule has 0 fully saturated rings. The highest BCUT2D eigenvalue weighted by atomic mass is 16.5. The summed E-state index contributed by atoms with van der Waals surface area (Å²) < 4.78 is 10.6. The number of hydrogen-bond donors (Lipinski definition) is 0. The molecule has 180 valence electrons. The first-order chi connectivity index (χ1) is 16.6. The topological polar surface area (TPSA) is 96.4 Å².